The van der Waals surface area contributed by atoms with E-state index in [0.717, 1.165) is 24.6 Å². The van der Waals surface area contributed by atoms with E-state index in [1.807, 2.05) is 0 Å². The van der Waals surface area contributed by atoms with Crippen molar-refractivity contribution in [2.75, 3.05) is 11.9 Å². The van der Waals surface area contributed by atoms with Crippen molar-refractivity contribution < 1.29 is 8.42 Å². The molecule has 1 aromatic rings. The molecule has 3 nitrogen and oxygen atoms in total. The lowest BCUT2D eigenvalue weighted by atomic mass is 10.0. The largest absolute Gasteiger partial charge is 0.240 e. The maximum Gasteiger partial charge on any atom is 0.240 e. The summed E-state index contributed by atoms with van der Waals surface area (Å²) in [5.74, 6) is 0.323. The van der Waals surface area contributed by atoms with Gasteiger partial charge in [-0.2, -0.15) is 0 Å². The number of halogens is 3. The molecule has 0 fully saturated rings. The summed E-state index contributed by atoms with van der Waals surface area (Å²) in [5, 5.41) is 1.48. The van der Waals surface area contributed by atoms with Crippen LogP contribution in [-0.2, 0) is 10.0 Å². The van der Waals surface area contributed by atoms with Crippen molar-refractivity contribution in [2.24, 2.45) is 5.92 Å². The maximum atomic E-state index is 12.2. The minimum absolute atomic E-state index is 0.101. The molecule has 0 aliphatic carbocycles. The van der Waals surface area contributed by atoms with Crippen molar-refractivity contribution >= 4 is 49.2 Å². The fraction of sp³-hybridized carbons (Fsp3) is 0.538. The molecule has 1 aromatic carbocycles. The Morgan fingerprint density at radius 2 is 1.80 bits per heavy atom. The molecule has 1 atom stereocenters. The van der Waals surface area contributed by atoms with Crippen LogP contribution in [0.4, 0.5) is 0 Å². The van der Waals surface area contributed by atoms with Gasteiger partial charge in [-0.05, 0) is 37.0 Å². The number of rotatable bonds is 8. The molecule has 1 unspecified atom stereocenters. The lowest BCUT2D eigenvalue weighted by molar-refractivity contribution is 0.459. The van der Waals surface area contributed by atoms with E-state index in [0.29, 0.717) is 22.5 Å². The summed E-state index contributed by atoms with van der Waals surface area (Å²) in [6.45, 7) is 2.51. The van der Waals surface area contributed by atoms with Gasteiger partial charge in [0.25, 0.3) is 0 Å². The quantitative estimate of drug-likeness (QED) is 0.651. The van der Waals surface area contributed by atoms with Gasteiger partial charge in [0.1, 0.15) is 0 Å². The van der Waals surface area contributed by atoms with Crippen molar-refractivity contribution in [1.29, 1.82) is 0 Å². The topological polar surface area (TPSA) is 46.2 Å². The van der Waals surface area contributed by atoms with Crippen molar-refractivity contribution in [2.45, 2.75) is 31.1 Å². The van der Waals surface area contributed by atoms with Crippen LogP contribution in [0.15, 0.2) is 23.1 Å². The molecule has 7 heteroatoms. The molecule has 1 N–H and O–H groups in total. The highest BCUT2D eigenvalue weighted by molar-refractivity contribution is 9.09. The average molecular weight is 403 g/mol. The highest BCUT2D eigenvalue weighted by Crippen LogP contribution is 2.22. The summed E-state index contributed by atoms with van der Waals surface area (Å²) in [5.41, 5.74) is 0. The molecule has 114 valence electrons. The standard InChI is InChI=1S/C13H18BrCl2NO2S/c1-2-3-10(4-5-14)9-17-20(18,19)13-7-11(15)6-12(16)8-13/h6-8,10,17H,2-5,9H2,1H3. The van der Waals surface area contributed by atoms with Gasteiger partial charge in [-0.1, -0.05) is 52.5 Å². The Balaban J connectivity index is 2.78. The van der Waals surface area contributed by atoms with Crippen molar-refractivity contribution in [3.63, 3.8) is 0 Å². The van der Waals surface area contributed by atoms with Crippen LogP contribution < -0.4 is 4.72 Å². The van der Waals surface area contributed by atoms with Crippen LogP contribution in [0, 0.1) is 5.92 Å². The smallest absolute Gasteiger partial charge is 0.211 e. The van der Waals surface area contributed by atoms with Crippen LogP contribution in [-0.4, -0.2) is 20.3 Å². The van der Waals surface area contributed by atoms with Crippen molar-refractivity contribution in [1.82, 2.24) is 4.72 Å². The van der Waals surface area contributed by atoms with Crippen molar-refractivity contribution in [3.05, 3.63) is 28.2 Å². The van der Waals surface area contributed by atoms with E-state index < -0.39 is 10.0 Å². The molecule has 0 aliphatic heterocycles. The van der Waals surface area contributed by atoms with E-state index in [-0.39, 0.29) is 4.90 Å². The molecule has 0 heterocycles. The van der Waals surface area contributed by atoms with E-state index in [4.69, 9.17) is 23.2 Å². The molecular formula is C13H18BrCl2NO2S. The number of benzene rings is 1. The molecule has 0 radical (unpaired) electrons. The van der Waals surface area contributed by atoms with Crippen LogP contribution in [0.1, 0.15) is 26.2 Å². The Labute approximate surface area is 139 Å². The Morgan fingerprint density at radius 1 is 1.20 bits per heavy atom. The second-order valence-electron chi connectivity index (χ2n) is 4.59. The SMILES string of the molecule is CCCC(CCBr)CNS(=O)(=O)c1cc(Cl)cc(Cl)c1. The van der Waals surface area contributed by atoms with Gasteiger partial charge in [-0.3, -0.25) is 0 Å². The van der Waals surface area contributed by atoms with Crippen molar-refractivity contribution in [3.8, 4) is 0 Å². The average Bonchev–Trinajstić information content (AvgIpc) is 2.35. The Kier molecular flexibility index (Phi) is 7.83. The van der Waals surface area contributed by atoms with Crippen LogP contribution in [0.3, 0.4) is 0 Å². The first-order valence-corrected chi connectivity index (χ1v) is 9.76. The summed E-state index contributed by atoms with van der Waals surface area (Å²) >= 11 is 15.1. The van der Waals surface area contributed by atoms with Gasteiger partial charge in [0, 0.05) is 21.9 Å². The minimum Gasteiger partial charge on any atom is -0.211 e. The van der Waals surface area contributed by atoms with Crippen LogP contribution >= 0.6 is 39.1 Å². The Hall–Kier alpha value is 0.190. The van der Waals surface area contributed by atoms with E-state index >= 15 is 0 Å². The van der Waals surface area contributed by atoms with Gasteiger partial charge in [-0.25, -0.2) is 13.1 Å². The summed E-state index contributed by atoms with van der Waals surface area (Å²) in [7, 11) is -3.57. The first kappa shape index (κ1) is 18.2. The first-order valence-electron chi connectivity index (χ1n) is 6.40. The zero-order chi connectivity index (χ0) is 15.2. The zero-order valence-electron chi connectivity index (χ0n) is 11.2. The Morgan fingerprint density at radius 3 is 2.30 bits per heavy atom. The van der Waals surface area contributed by atoms with E-state index in [9.17, 15) is 8.42 Å². The summed E-state index contributed by atoms with van der Waals surface area (Å²) in [6, 6.07) is 4.30. The number of nitrogens with one attached hydrogen (secondary N) is 1. The summed E-state index contributed by atoms with van der Waals surface area (Å²) in [4.78, 5) is 0.101. The normalized spacial score (nSPS) is 13.4. The number of sulfonamides is 1. The molecular weight excluding hydrogens is 385 g/mol. The molecule has 0 saturated heterocycles. The number of hydrogen-bond donors (Lipinski definition) is 1. The van der Waals surface area contributed by atoms with Gasteiger partial charge in [-0.15, -0.1) is 0 Å². The third-order valence-corrected chi connectivity index (χ3v) is 5.22. The fourth-order valence-electron chi connectivity index (χ4n) is 1.91. The molecule has 20 heavy (non-hydrogen) atoms. The van der Waals surface area contributed by atoms with Gasteiger partial charge in [0.15, 0.2) is 0 Å². The third kappa shape index (κ3) is 5.90. The lowest BCUT2D eigenvalue weighted by Crippen LogP contribution is -2.29. The number of hydrogen-bond acceptors (Lipinski definition) is 2. The van der Waals surface area contributed by atoms with Gasteiger partial charge in [0.05, 0.1) is 4.90 Å². The highest BCUT2D eigenvalue weighted by atomic mass is 79.9. The minimum atomic E-state index is -3.57. The lowest BCUT2D eigenvalue weighted by Gasteiger charge is -2.16. The Bertz CT molecular complexity index is 511. The van der Waals surface area contributed by atoms with E-state index in [2.05, 4.69) is 27.6 Å². The fourth-order valence-corrected chi connectivity index (χ4v) is 4.39. The molecule has 0 saturated carbocycles. The van der Waals surface area contributed by atoms with Gasteiger partial charge >= 0.3 is 0 Å². The third-order valence-electron chi connectivity index (χ3n) is 2.92. The molecule has 0 amide bonds. The molecule has 0 aliphatic rings. The molecule has 0 bridgehead atoms. The molecule has 0 spiro atoms. The predicted octanol–water partition coefficient (Wildman–Crippen LogP) is 4.47. The van der Waals surface area contributed by atoms with E-state index in [1.165, 1.54) is 18.2 Å². The van der Waals surface area contributed by atoms with Gasteiger partial charge < -0.3 is 0 Å². The second kappa shape index (κ2) is 8.59. The van der Waals surface area contributed by atoms with Gasteiger partial charge in [0.2, 0.25) is 10.0 Å². The summed E-state index contributed by atoms with van der Waals surface area (Å²) < 4.78 is 27.1. The first-order chi connectivity index (χ1) is 9.39. The predicted molar refractivity (Wildman–Crippen MR) is 88.5 cm³/mol. The monoisotopic (exact) mass is 401 g/mol. The number of alkyl halides is 1. The molecule has 0 aromatic heterocycles. The van der Waals surface area contributed by atoms with E-state index in [1.54, 1.807) is 0 Å². The highest BCUT2D eigenvalue weighted by Gasteiger charge is 2.17. The summed E-state index contributed by atoms with van der Waals surface area (Å²) in [6.07, 6.45) is 2.96. The zero-order valence-corrected chi connectivity index (χ0v) is 15.1. The maximum absolute atomic E-state index is 12.2. The van der Waals surface area contributed by atoms with Crippen LogP contribution in [0.5, 0.6) is 0 Å². The van der Waals surface area contributed by atoms with Crippen LogP contribution in [0.2, 0.25) is 10.0 Å². The van der Waals surface area contributed by atoms with Crippen LogP contribution in [0.25, 0.3) is 0 Å². The molecule has 1 rings (SSSR count). The second-order valence-corrected chi connectivity index (χ2v) is 8.02.